The number of carbonyl (C=O) groups is 1. The van der Waals surface area contributed by atoms with E-state index in [4.69, 9.17) is 5.73 Å². The van der Waals surface area contributed by atoms with Crippen molar-refractivity contribution in [3.63, 3.8) is 0 Å². The first-order chi connectivity index (χ1) is 11.9. The fraction of sp³-hybridized carbons (Fsp3) is 0.864. The minimum atomic E-state index is 0.199. The molecule has 0 aromatic rings. The SMILES string of the molecule is CC12CCC(=O)C(N)=C1CCC1C2CCC2(C)C1CC[C@@H]2NC1CC1. The van der Waals surface area contributed by atoms with Crippen LogP contribution in [0.25, 0.3) is 0 Å². The summed E-state index contributed by atoms with van der Waals surface area (Å²) in [6, 6.07) is 1.56. The molecule has 0 aromatic carbocycles. The number of allylic oxidation sites excluding steroid dienone is 1. The summed E-state index contributed by atoms with van der Waals surface area (Å²) in [6.07, 6.45) is 12.3. The fourth-order valence-electron chi connectivity index (χ4n) is 7.56. The molecule has 0 saturated heterocycles. The number of nitrogens with one attached hydrogen (secondary N) is 1. The van der Waals surface area contributed by atoms with E-state index in [-0.39, 0.29) is 11.2 Å². The topological polar surface area (TPSA) is 55.1 Å². The van der Waals surface area contributed by atoms with Crippen LogP contribution in [-0.2, 0) is 4.79 Å². The molecular weight excluding hydrogens is 308 g/mol. The lowest BCUT2D eigenvalue weighted by molar-refractivity contribution is -0.118. The Bertz CT molecular complexity index is 636. The summed E-state index contributed by atoms with van der Waals surface area (Å²) in [6.45, 7) is 5.03. The van der Waals surface area contributed by atoms with Gasteiger partial charge in [0.05, 0.1) is 5.70 Å². The Morgan fingerprint density at radius 2 is 1.76 bits per heavy atom. The van der Waals surface area contributed by atoms with Gasteiger partial charge in [0.1, 0.15) is 0 Å². The first kappa shape index (κ1) is 16.4. The zero-order chi connectivity index (χ0) is 17.4. The molecule has 5 unspecified atom stereocenters. The largest absolute Gasteiger partial charge is 0.396 e. The van der Waals surface area contributed by atoms with Crippen molar-refractivity contribution >= 4 is 5.78 Å². The zero-order valence-electron chi connectivity index (χ0n) is 15.9. The second-order valence-electron chi connectivity index (χ2n) is 10.3. The van der Waals surface area contributed by atoms with Crippen molar-refractivity contribution in [1.82, 2.24) is 5.32 Å². The molecular formula is C22H34N2O. The maximum atomic E-state index is 12.1. The Labute approximate surface area is 152 Å². The van der Waals surface area contributed by atoms with Crippen molar-refractivity contribution in [2.75, 3.05) is 0 Å². The summed E-state index contributed by atoms with van der Waals surface area (Å²) < 4.78 is 0. The summed E-state index contributed by atoms with van der Waals surface area (Å²) in [5, 5.41) is 3.99. The molecule has 0 aliphatic heterocycles. The summed E-state index contributed by atoms with van der Waals surface area (Å²) >= 11 is 0. The normalized spacial score (nSPS) is 49.6. The Kier molecular flexibility index (Phi) is 3.49. The molecule has 3 heteroatoms. The van der Waals surface area contributed by atoms with E-state index in [0.717, 1.165) is 42.7 Å². The maximum absolute atomic E-state index is 12.1. The Morgan fingerprint density at radius 3 is 2.52 bits per heavy atom. The molecule has 0 heterocycles. The minimum Gasteiger partial charge on any atom is -0.396 e. The number of rotatable bonds is 2. The standard InChI is InChI=1S/C22H34N2O/c1-21-12-10-18(25)20(23)17(21)6-5-14-15-7-8-19(24-13-3-4-13)22(15,2)11-9-16(14)21/h13-16,19,24H,3-12,23H2,1-2H3/t14?,15?,16?,19-,21?,22?/m0/s1. The monoisotopic (exact) mass is 342 g/mol. The van der Waals surface area contributed by atoms with Gasteiger partial charge in [-0.3, -0.25) is 4.79 Å². The van der Waals surface area contributed by atoms with Crippen molar-refractivity contribution in [3.8, 4) is 0 Å². The highest BCUT2D eigenvalue weighted by atomic mass is 16.1. The molecule has 0 radical (unpaired) electrons. The highest BCUT2D eigenvalue weighted by Crippen LogP contribution is 2.65. The van der Waals surface area contributed by atoms with Crippen molar-refractivity contribution < 1.29 is 4.79 Å². The highest BCUT2D eigenvalue weighted by Gasteiger charge is 2.59. The van der Waals surface area contributed by atoms with Gasteiger partial charge in [-0.25, -0.2) is 0 Å². The first-order valence-electron chi connectivity index (χ1n) is 10.7. The maximum Gasteiger partial charge on any atom is 0.178 e. The average molecular weight is 343 g/mol. The van der Waals surface area contributed by atoms with E-state index in [1.54, 1.807) is 0 Å². The van der Waals surface area contributed by atoms with Gasteiger partial charge in [-0.05, 0) is 91.9 Å². The molecule has 0 amide bonds. The minimum absolute atomic E-state index is 0.199. The van der Waals surface area contributed by atoms with Crippen LogP contribution in [0.4, 0.5) is 0 Å². The van der Waals surface area contributed by atoms with Crippen LogP contribution in [0, 0.1) is 28.6 Å². The second kappa shape index (κ2) is 5.34. The third kappa shape index (κ3) is 2.23. The number of nitrogens with two attached hydrogens (primary N) is 1. The molecule has 5 rings (SSSR count). The van der Waals surface area contributed by atoms with Gasteiger partial charge in [0.25, 0.3) is 0 Å². The van der Waals surface area contributed by atoms with Crippen molar-refractivity contribution in [3.05, 3.63) is 11.3 Å². The summed E-state index contributed by atoms with van der Waals surface area (Å²) in [7, 11) is 0. The van der Waals surface area contributed by atoms with Crippen LogP contribution in [0.1, 0.15) is 78.1 Å². The lowest BCUT2D eigenvalue weighted by Crippen LogP contribution is -2.54. The highest BCUT2D eigenvalue weighted by molar-refractivity contribution is 5.96. The predicted octanol–water partition coefficient (Wildman–Crippen LogP) is 3.93. The van der Waals surface area contributed by atoms with Crippen LogP contribution in [0.2, 0.25) is 0 Å². The van der Waals surface area contributed by atoms with E-state index in [1.165, 1.54) is 50.5 Å². The van der Waals surface area contributed by atoms with Gasteiger partial charge in [0.15, 0.2) is 5.78 Å². The molecule has 0 bridgehead atoms. The lowest BCUT2D eigenvalue weighted by atomic mass is 9.47. The van der Waals surface area contributed by atoms with Crippen LogP contribution < -0.4 is 11.1 Å². The summed E-state index contributed by atoms with van der Waals surface area (Å²) in [4.78, 5) is 12.1. The third-order valence-electron chi connectivity index (χ3n) is 9.18. The Hall–Kier alpha value is -0.830. The molecule has 3 N–H and O–H groups in total. The quantitative estimate of drug-likeness (QED) is 0.799. The smallest absolute Gasteiger partial charge is 0.178 e. The number of ketones is 1. The van der Waals surface area contributed by atoms with Crippen LogP contribution in [0.5, 0.6) is 0 Å². The van der Waals surface area contributed by atoms with E-state index >= 15 is 0 Å². The first-order valence-corrected chi connectivity index (χ1v) is 10.7. The van der Waals surface area contributed by atoms with Crippen molar-refractivity contribution in [2.24, 2.45) is 34.3 Å². The number of fused-ring (bicyclic) bond motifs is 5. The zero-order valence-corrected chi connectivity index (χ0v) is 15.9. The molecule has 25 heavy (non-hydrogen) atoms. The molecule has 6 atom stereocenters. The number of Topliss-reactive ketones (excluding diaryl/α,β-unsaturated/α-hetero) is 1. The number of carbonyl (C=O) groups excluding carboxylic acids is 1. The molecule has 4 saturated carbocycles. The van der Waals surface area contributed by atoms with E-state index in [2.05, 4.69) is 19.2 Å². The lowest BCUT2D eigenvalue weighted by Gasteiger charge is -2.58. The van der Waals surface area contributed by atoms with Crippen LogP contribution >= 0.6 is 0 Å². The third-order valence-corrected chi connectivity index (χ3v) is 9.18. The van der Waals surface area contributed by atoms with Gasteiger partial charge in [-0.15, -0.1) is 0 Å². The van der Waals surface area contributed by atoms with E-state index in [9.17, 15) is 4.79 Å². The fourth-order valence-corrected chi connectivity index (χ4v) is 7.56. The van der Waals surface area contributed by atoms with Gasteiger partial charge in [0, 0.05) is 18.5 Å². The van der Waals surface area contributed by atoms with Crippen LogP contribution in [0.3, 0.4) is 0 Å². The molecule has 4 fully saturated rings. The second-order valence-corrected chi connectivity index (χ2v) is 10.3. The molecule has 5 aliphatic rings. The van der Waals surface area contributed by atoms with Crippen LogP contribution in [-0.4, -0.2) is 17.9 Å². The Morgan fingerprint density at radius 1 is 0.960 bits per heavy atom. The van der Waals surface area contributed by atoms with Crippen molar-refractivity contribution in [1.29, 1.82) is 0 Å². The van der Waals surface area contributed by atoms with Crippen LogP contribution in [0.15, 0.2) is 11.3 Å². The molecule has 3 nitrogen and oxygen atoms in total. The van der Waals surface area contributed by atoms with Gasteiger partial charge in [-0.1, -0.05) is 13.8 Å². The van der Waals surface area contributed by atoms with Gasteiger partial charge >= 0.3 is 0 Å². The van der Waals surface area contributed by atoms with Gasteiger partial charge < -0.3 is 11.1 Å². The van der Waals surface area contributed by atoms with E-state index < -0.39 is 0 Å². The summed E-state index contributed by atoms with van der Waals surface area (Å²) in [5.41, 5.74) is 8.94. The summed E-state index contributed by atoms with van der Waals surface area (Å²) in [5.74, 6) is 2.68. The average Bonchev–Trinajstić information content (AvgIpc) is 3.34. The Balaban J connectivity index is 1.44. The molecule has 0 aromatic heterocycles. The molecule has 138 valence electrons. The number of hydrogen-bond acceptors (Lipinski definition) is 3. The number of hydrogen-bond donors (Lipinski definition) is 2. The van der Waals surface area contributed by atoms with Gasteiger partial charge in [0.2, 0.25) is 0 Å². The van der Waals surface area contributed by atoms with E-state index in [1.807, 2.05) is 0 Å². The molecule has 0 spiro atoms. The van der Waals surface area contributed by atoms with Gasteiger partial charge in [-0.2, -0.15) is 0 Å². The van der Waals surface area contributed by atoms with E-state index in [0.29, 0.717) is 17.5 Å². The van der Waals surface area contributed by atoms with Crippen molar-refractivity contribution in [2.45, 2.75) is 90.1 Å². The molecule has 5 aliphatic carbocycles. The predicted molar refractivity (Wildman–Crippen MR) is 99.8 cm³/mol.